The predicted octanol–water partition coefficient (Wildman–Crippen LogP) is 0.287. The van der Waals surface area contributed by atoms with Gasteiger partial charge in [0.15, 0.2) is 0 Å². The molecule has 0 aromatic heterocycles. The molecule has 0 saturated heterocycles. The van der Waals surface area contributed by atoms with Gasteiger partial charge in [-0.25, -0.2) is 4.79 Å². The van der Waals surface area contributed by atoms with E-state index in [1.807, 2.05) is 0 Å². The molecule has 0 saturated carbocycles. The molecule has 4 heteroatoms. The highest BCUT2D eigenvalue weighted by molar-refractivity contribution is 5.85. The van der Waals surface area contributed by atoms with Crippen LogP contribution in [0.1, 0.15) is 13.3 Å². The molecule has 4 nitrogen and oxygen atoms in total. The van der Waals surface area contributed by atoms with Gasteiger partial charge in [0.2, 0.25) is 0 Å². The average molecular weight is 173 g/mol. The number of nitrogens with zero attached hydrogens (tertiary/aromatic N) is 1. The van der Waals surface area contributed by atoms with E-state index in [1.54, 1.807) is 21.0 Å². The first kappa shape index (κ1) is 11.0. The van der Waals surface area contributed by atoms with Crippen LogP contribution < -0.4 is 0 Å². The maximum Gasteiger partial charge on any atom is 0.351 e. The lowest BCUT2D eigenvalue weighted by Gasteiger charge is -2.14. The van der Waals surface area contributed by atoms with Gasteiger partial charge in [0.1, 0.15) is 5.70 Å². The second-order valence-corrected chi connectivity index (χ2v) is 2.73. The largest absolute Gasteiger partial charge is 0.477 e. The van der Waals surface area contributed by atoms with Gasteiger partial charge in [-0.3, -0.25) is 0 Å². The van der Waals surface area contributed by atoms with Gasteiger partial charge in [0, 0.05) is 14.1 Å². The van der Waals surface area contributed by atoms with Crippen LogP contribution in [0.25, 0.3) is 0 Å². The highest BCUT2D eigenvalue weighted by Gasteiger charge is 2.10. The summed E-state index contributed by atoms with van der Waals surface area (Å²) in [5, 5.41) is 17.8. The average Bonchev–Trinajstić information content (AvgIpc) is 1.98. The molecule has 1 unspecified atom stereocenters. The van der Waals surface area contributed by atoms with Crippen LogP contribution in [0.4, 0.5) is 0 Å². The summed E-state index contributed by atoms with van der Waals surface area (Å²) in [5.74, 6) is -1.02. The zero-order valence-corrected chi connectivity index (χ0v) is 7.61. The maximum atomic E-state index is 10.6. The molecule has 0 aliphatic heterocycles. The van der Waals surface area contributed by atoms with Crippen molar-refractivity contribution in [3.05, 3.63) is 11.8 Å². The number of aliphatic carboxylic acids is 1. The number of hydrogen-bond donors (Lipinski definition) is 2. The summed E-state index contributed by atoms with van der Waals surface area (Å²) < 4.78 is 0. The van der Waals surface area contributed by atoms with Crippen molar-refractivity contribution in [3.8, 4) is 0 Å². The first-order chi connectivity index (χ1) is 5.49. The minimum Gasteiger partial charge on any atom is -0.477 e. The number of carbonyl (C=O) groups is 1. The van der Waals surface area contributed by atoms with Crippen LogP contribution in [-0.4, -0.2) is 41.3 Å². The van der Waals surface area contributed by atoms with Crippen molar-refractivity contribution in [2.45, 2.75) is 19.4 Å². The SMILES string of the molecule is CCC(O)C=C(C(=O)O)N(C)C. The normalized spacial score (nSPS) is 14.2. The Labute approximate surface area is 72.1 Å². The van der Waals surface area contributed by atoms with Crippen LogP contribution in [0, 0.1) is 0 Å². The molecule has 0 aromatic rings. The lowest BCUT2D eigenvalue weighted by Crippen LogP contribution is -2.21. The lowest BCUT2D eigenvalue weighted by molar-refractivity contribution is -0.134. The fourth-order valence-corrected chi connectivity index (χ4v) is 0.712. The van der Waals surface area contributed by atoms with Crippen LogP contribution in [0.3, 0.4) is 0 Å². The topological polar surface area (TPSA) is 60.8 Å². The molecule has 0 fully saturated rings. The zero-order valence-electron chi connectivity index (χ0n) is 7.61. The lowest BCUT2D eigenvalue weighted by atomic mass is 10.2. The van der Waals surface area contributed by atoms with Gasteiger partial charge in [-0.15, -0.1) is 0 Å². The fourth-order valence-electron chi connectivity index (χ4n) is 0.712. The number of aliphatic hydroxyl groups is 1. The third kappa shape index (κ3) is 3.39. The summed E-state index contributed by atoms with van der Waals surface area (Å²) >= 11 is 0. The first-order valence-corrected chi connectivity index (χ1v) is 3.79. The van der Waals surface area contributed by atoms with Crippen molar-refractivity contribution in [2.24, 2.45) is 0 Å². The summed E-state index contributed by atoms with van der Waals surface area (Å²) in [6.45, 7) is 1.79. The molecule has 0 radical (unpaired) electrons. The van der Waals surface area contributed by atoms with Crippen molar-refractivity contribution in [2.75, 3.05) is 14.1 Å². The van der Waals surface area contributed by atoms with Gasteiger partial charge in [-0.05, 0) is 12.5 Å². The van der Waals surface area contributed by atoms with E-state index < -0.39 is 12.1 Å². The van der Waals surface area contributed by atoms with Crippen LogP contribution >= 0.6 is 0 Å². The number of carboxylic acid groups (broad SMARTS) is 1. The van der Waals surface area contributed by atoms with Gasteiger partial charge in [0.25, 0.3) is 0 Å². The number of likely N-dealkylation sites (N-methyl/N-ethyl adjacent to an activating group) is 1. The van der Waals surface area contributed by atoms with Crippen molar-refractivity contribution in [3.63, 3.8) is 0 Å². The minimum atomic E-state index is -1.02. The molecular formula is C8H15NO3. The van der Waals surface area contributed by atoms with E-state index in [1.165, 1.54) is 11.0 Å². The first-order valence-electron chi connectivity index (χ1n) is 3.79. The van der Waals surface area contributed by atoms with Gasteiger partial charge in [0.05, 0.1) is 6.10 Å². The molecule has 70 valence electrons. The summed E-state index contributed by atoms with van der Waals surface area (Å²) in [6.07, 6.45) is 1.17. The molecule has 0 bridgehead atoms. The van der Waals surface area contributed by atoms with Crippen LogP contribution in [0.15, 0.2) is 11.8 Å². The number of carboxylic acids is 1. The molecule has 0 aromatic carbocycles. The van der Waals surface area contributed by atoms with Crippen molar-refractivity contribution < 1.29 is 15.0 Å². The Hall–Kier alpha value is -1.03. The van der Waals surface area contributed by atoms with E-state index in [4.69, 9.17) is 10.2 Å². The highest BCUT2D eigenvalue weighted by Crippen LogP contribution is 2.02. The van der Waals surface area contributed by atoms with E-state index in [9.17, 15) is 4.79 Å². The van der Waals surface area contributed by atoms with Gasteiger partial charge >= 0.3 is 5.97 Å². The van der Waals surface area contributed by atoms with E-state index in [-0.39, 0.29) is 5.70 Å². The van der Waals surface area contributed by atoms with Crippen LogP contribution in [-0.2, 0) is 4.79 Å². The molecule has 12 heavy (non-hydrogen) atoms. The fraction of sp³-hybridized carbons (Fsp3) is 0.625. The molecule has 1 atom stereocenters. The zero-order chi connectivity index (χ0) is 9.72. The van der Waals surface area contributed by atoms with E-state index in [0.29, 0.717) is 6.42 Å². The Balaban J connectivity index is 4.49. The Kier molecular flexibility index (Phi) is 4.36. The number of aliphatic hydroxyl groups excluding tert-OH is 1. The second-order valence-electron chi connectivity index (χ2n) is 2.73. The highest BCUT2D eigenvalue weighted by atomic mass is 16.4. The summed E-state index contributed by atoms with van der Waals surface area (Å²) in [4.78, 5) is 12.0. The smallest absolute Gasteiger partial charge is 0.351 e. The third-order valence-electron chi connectivity index (χ3n) is 1.47. The van der Waals surface area contributed by atoms with E-state index >= 15 is 0 Å². The third-order valence-corrected chi connectivity index (χ3v) is 1.47. The number of rotatable bonds is 4. The van der Waals surface area contributed by atoms with Crippen molar-refractivity contribution in [1.82, 2.24) is 4.90 Å². The van der Waals surface area contributed by atoms with Gasteiger partial charge in [-0.1, -0.05) is 6.92 Å². The summed E-state index contributed by atoms with van der Waals surface area (Å²) in [6, 6.07) is 0. The van der Waals surface area contributed by atoms with Gasteiger partial charge in [-0.2, -0.15) is 0 Å². The van der Waals surface area contributed by atoms with Gasteiger partial charge < -0.3 is 15.1 Å². The number of hydrogen-bond acceptors (Lipinski definition) is 3. The molecular weight excluding hydrogens is 158 g/mol. The molecule has 0 aliphatic rings. The van der Waals surface area contributed by atoms with E-state index in [2.05, 4.69) is 0 Å². The monoisotopic (exact) mass is 173 g/mol. The second kappa shape index (κ2) is 4.77. The molecule has 0 heterocycles. The summed E-state index contributed by atoms with van der Waals surface area (Å²) in [7, 11) is 3.25. The molecule has 0 spiro atoms. The van der Waals surface area contributed by atoms with Crippen molar-refractivity contribution in [1.29, 1.82) is 0 Å². The quantitative estimate of drug-likeness (QED) is 0.600. The Bertz CT molecular complexity index is 187. The Morgan fingerprint density at radius 2 is 2.08 bits per heavy atom. The maximum absolute atomic E-state index is 10.6. The molecule has 0 amide bonds. The van der Waals surface area contributed by atoms with Crippen molar-refractivity contribution >= 4 is 5.97 Å². The molecule has 2 N–H and O–H groups in total. The Morgan fingerprint density at radius 3 is 2.33 bits per heavy atom. The molecule has 0 rings (SSSR count). The Morgan fingerprint density at radius 1 is 1.58 bits per heavy atom. The molecule has 0 aliphatic carbocycles. The van der Waals surface area contributed by atoms with Crippen LogP contribution in [0.5, 0.6) is 0 Å². The standard InChI is InChI=1S/C8H15NO3/c1-4-6(10)5-7(8(11)12)9(2)3/h5-6,10H,4H2,1-3H3,(H,11,12). The predicted molar refractivity (Wildman–Crippen MR) is 45.7 cm³/mol. The summed E-state index contributed by atoms with van der Waals surface area (Å²) in [5.41, 5.74) is 0.115. The minimum absolute atomic E-state index is 0.115. The van der Waals surface area contributed by atoms with E-state index in [0.717, 1.165) is 0 Å². The van der Waals surface area contributed by atoms with Crippen LogP contribution in [0.2, 0.25) is 0 Å².